The van der Waals surface area contributed by atoms with E-state index in [9.17, 15) is 4.79 Å². The summed E-state index contributed by atoms with van der Waals surface area (Å²) in [6.45, 7) is 0. The zero-order chi connectivity index (χ0) is 17.1. The number of nitrogens with zero attached hydrogens (tertiary/aromatic N) is 3. The lowest BCUT2D eigenvalue weighted by Gasteiger charge is -2.10. The van der Waals surface area contributed by atoms with E-state index in [2.05, 4.69) is 15.0 Å². The summed E-state index contributed by atoms with van der Waals surface area (Å²) in [6, 6.07) is 3.47. The van der Waals surface area contributed by atoms with Crippen LogP contribution < -0.4 is 19.9 Å². The van der Waals surface area contributed by atoms with E-state index < -0.39 is 5.97 Å². The van der Waals surface area contributed by atoms with E-state index in [1.54, 1.807) is 19.2 Å². The van der Waals surface area contributed by atoms with Crippen molar-refractivity contribution < 1.29 is 19.0 Å². The summed E-state index contributed by atoms with van der Waals surface area (Å²) >= 11 is 1.10. The zero-order valence-electron chi connectivity index (χ0n) is 13.0. The Labute approximate surface area is 141 Å². The van der Waals surface area contributed by atoms with E-state index in [1.165, 1.54) is 19.6 Å². The van der Waals surface area contributed by atoms with Crippen LogP contribution in [0.3, 0.4) is 0 Å². The average molecular weight is 346 g/mol. The number of aromatic nitrogens is 3. The van der Waals surface area contributed by atoms with E-state index in [-0.39, 0.29) is 6.42 Å². The van der Waals surface area contributed by atoms with E-state index in [0.29, 0.717) is 38.3 Å². The zero-order valence-corrected chi connectivity index (χ0v) is 13.8. The summed E-state index contributed by atoms with van der Waals surface area (Å²) in [4.78, 5) is 24.3. The molecule has 8 nitrogen and oxygen atoms in total. The molecule has 0 spiro atoms. The summed E-state index contributed by atoms with van der Waals surface area (Å²) in [6.07, 6.45) is 2.78. The molecule has 0 saturated heterocycles. The van der Waals surface area contributed by atoms with Crippen LogP contribution in [0.25, 0.3) is 10.9 Å². The number of rotatable bonds is 5. The molecule has 0 aliphatic heterocycles. The van der Waals surface area contributed by atoms with E-state index in [0.717, 1.165) is 11.3 Å². The van der Waals surface area contributed by atoms with E-state index in [4.69, 9.17) is 19.9 Å². The molecule has 0 fully saturated rings. The maximum atomic E-state index is 12.1. The Hall–Kier alpha value is -2.94. The van der Waals surface area contributed by atoms with Gasteiger partial charge in [-0.05, 0) is 6.07 Å². The summed E-state index contributed by atoms with van der Waals surface area (Å²) in [7, 11) is 3.08. The first kappa shape index (κ1) is 15.9. The third-order valence-corrected chi connectivity index (χ3v) is 3.96. The maximum Gasteiger partial charge on any atom is 0.318 e. The van der Waals surface area contributed by atoms with E-state index >= 15 is 0 Å². The minimum atomic E-state index is -0.464. The number of carbonyl (C=O) groups excluding carboxylic acids is 1. The van der Waals surface area contributed by atoms with Crippen LogP contribution in [0.5, 0.6) is 16.6 Å². The largest absolute Gasteiger partial charge is 0.493 e. The standard InChI is InChI=1S/C15H14N4O4S/c1-21-11-3-8-9(4-12(11)22-2)18-7-19-10(8)5-13(20)23-14-6-17-15(16)24-14/h3-4,6-7H,5H2,1-2H3,(H2,16,17). The number of thiazole rings is 1. The van der Waals surface area contributed by atoms with Gasteiger partial charge >= 0.3 is 5.97 Å². The molecule has 3 rings (SSSR count). The van der Waals surface area contributed by atoms with Gasteiger partial charge in [0.05, 0.1) is 38.0 Å². The first-order valence-electron chi connectivity index (χ1n) is 6.88. The molecule has 24 heavy (non-hydrogen) atoms. The lowest BCUT2D eigenvalue weighted by atomic mass is 10.1. The third-order valence-electron chi connectivity index (χ3n) is 3.25. The second-order valence-electron chi connectivity index (χ2n) is 4.71. The molecular weight excluding hydrogens is 332 g/mol. The second-order valence-corrected chi connectivity index (χ2v) is 5.74. The smallest absolute Gasteiger partial charge is 0.318 e. The molecule has 1 aromatic carbocycles. The lowest BCUT2D eigenvalue weighted by molar-refractivity contribution is -0.133. The molecule has 0 bridgehead atoms. The summed E-state index contributed by atoms with van der Waals surface area (Å²) in [5, 5.41) is 1.37. The predicted molar refractivity (Wildman–Crippen MR) is 88.5 cm³/mol. The van der Waals surface area contributed by atoms with Gasteiger partial charge in [-0.1, -0.05) is 11.3 Å². The van der Waals surface area contributed by atoms with Gasteiger partial charge in [-0.25, -0.2) is 15.0 Å². The Bertz CT molecular complexity index is 896. The Morgan fingerprint density at radius 2 is 1.92 bits per heavy atom. The molecule has 0 aliphatic rings. The second kappa shape index (κ2) is 6.67. The molecular formula is C15H14N4O4S. The summed E-state index contributed by atoms with van der Waals surface area (Å²) in [5.41, 5.74) is 6.69. The molecule has 0 saturated carbocycles. The van der Waals surface area contributed by atoms with Gasteiger partial charge in [0.2, 0.25) is 5.06 Å². The molecule has 0 radical (unpaired) electrons. The fourth-order valence-electron chi connectivity index (χ4n) is 2.18. The number of ether oxygens (including phenoxy) is 3. The Morgan fingerprint density at radius 1 is 1.17 bits per heavy atom. The van der Waals surface area contributed by atoms with Gasteiger partial charge in [-0.2, -0.15) is 0 Å². The number of hydrogen-bond donors (Lipinski definition) is 1. The number of nitrogen functional groups attached to an aromatic ring is 1. The summed E-state index contributed by atoms with van der Waals surface area (Å²) in [5.74, 6) is 0.621. The van der Waals surface area contributed by atoms with Crippen LogP contribution in [0.15, 0.2) is 24.7 Å². The predicted octanol–water partition coefficient (Wildman–Crippen LogP) is 1.83. The first-order valence-corrected chi connectivity index (χ1v) is 7.70. The number of nitrogens with two attached hydrogens (primary N) is 1. The SMILES string of the molecule is COc1cc2ncnc(CC(=O)Oc3cnc(N)s3)c2cc1OC. The number of esters is 1. The third kappa shape index (κ3) is 3.20. The normalized spacial score (nSPS) is 10.6. The van der Waals surface area contributed by atoms with Gasteiger partial charge in [-0.3, -0.25) is 4.79 Å². The van der Waals surface area contributed by atoms with Crippen molar-refractivity contribution in [2.45, 2.75) is 6.42 Å². The van der Waals surface area contributed by atoms with E-state index in [1.807, 2.05) is 0 Å². The molecule has 2 heterocycles. The fourth-order valence-corrected chi connectivity index (χ4v) is 2.73. The fraction of sp³-hybridized carbons (Fsp3) is 0.200. The van der Waals surface area contributed by atoms with Crippen molar-refractivity contribution in [1.82, 2.24) is 15.0 Å². The minimum absolute atomic E-state index is 0.0215. The quantitative estimate of drug-likeness (QED) is 0.697. The van der Waals surface area contributed by atoms with Crippen molar-refractivity contribution in [3.63, 3.8) is 0 Å². The number of benzene rings is 1. The Balaban J connectivity index is 1.89. The van der Waals surface area contributed by atoms with Crippen LogP contribution in [0.1, 0.15) is 5.69 Å². The van der Waals surface area contributed by atoms with Crippen molar-refractivity contribution in [1.29, 1.82) is 0 Å². The van der Waals surface area contributed by atoms with Gasteiger partial charge < -0.3 is 19.9 Å². The molecule has 124 valence electrons. The molecule has 9 heteroatoms. The van der Waals surface area contributed by atoms with Crippen LogP contribution >= 0.6 is 11.3 Å². The van der Waals surface area contributed by atoms with Crippen molar-refractivity contribution in [3.8, 4) is 16.6 Å². The molecule has 0 atom stereocenters. The highest BCUT2D eigenvalue weighted by Gasteiger charge is 2.15. The number of hydrogen-bond acceptors (Lipinski definition) is 9. The van der Waals surface area contributed by atoms with Gasteiger partial charge in [0, 0.05) is 11.5 Å². The van der Waals surface area contributed by atoms with Crippen LogP contribution in [-0.4, -0.2) is 35.1 Å². The topological polar surface area (TPSA) is 109 Å². The highest BCUT2D eigenvalue weighted by molar-refractivity contribution is 7.17. The molecule has 2 aromatic heterocycles. The van der Waals surface area contributed by atoms with Gasteiger partial charge in [0.1, 0.15) is 6.33 Å². The van der Waals surface area contributed by atoms with Crippen molar-refractivity contribution in [3.05, 3.63) is 30.4 Å². The monoisotopic (exact) mass is 346 g/mol. The molecule has 0 amide bonds. The number of carbonyl (C=O) groups is 1. The van der Waals surface area contributed by atoms with Gasteiger partial charge in [0.25, 0.3) is 0 Å². The van der Waals surface area contributed by atoms with Crippen LogP contribution in [0.2, 0.25) is 0 Å². The van der Waals surface area contributed by atoms with Crippen molar-refractivity contribution in [2.24, 2.45) is 0 Å². The van der Waals surface area contributed by atoms with Crippen LogP contribution in [0, 0.1) is 0 Å². The number of methoxy groups -OCH3 is 2. The summed E-state index contributed by atoms with van der Waals surface area (Å²) < 4.78 is 15.7. The van der Waals surface area contributed by atoms with Gasteiger partial charge in [-0.15, -0.1) is 0 Å². The highest BCUT2D eigenvalue weighted by Crippen LogP contribution is 2.32. The minimum Gasteiger partial charge on any atom is -0.493 e. The average Bonchev–Trinajstić information content (AvgIpc) is 2.98. The van der Waals surface area contributed by atoms with Gasteiger partial charge in [0.15, 0.2) is 16.6 Å². The van der Waals surface area contributed by atoms with Crippen LogP contribution in [-0.2, 0) is 11.2 Å². The highest BCUT2D eigenvalue weighted by atomic mass is 32.1. The lowest BCUT2D eigenvalue weighted by Crippen LogP contribution is -2.12. The molecule has 3 aromatic rings. The maximum absolute atomic E-state index is 12.1. The number of fused-ring (bicyclic) bond motifs is 1. The molecule has 0 aliphatic carbocycles. The number of anilines is 1. The Kier molecular flexibility index (Phi) is 4.43. The van der Waals surface area contributed by atoms with Crippen molar-refractivity contribution >= 4 is 33.3 Å². The molecule has 2 N–H and O–H groups in total. The van der Waals surface area contributed by atoms with Crippen LogP contribution in [0.4, 0.5) is 5.13 Å². The molecule has 0 unspecified atom stereocenters. The Morgan fingerprint density at radius 3 is 2.58 bits per heavy atom. The first-order chi connectivity index (χ1) is 11.6. The van der Waals surface area contributed by atoms with Crippen molar-refractivity contribution in [2.75, 3.05) is 20.0 Å².